The van der Waals surface area contributed by atoms with Gasteiger partial charge in [-0.05, 0) is 37.1 Å². The number of hydrogen-bond donors (Lipinski definition) is 3. The fourth-order valence-corrected chi connectivity index (χ4v) is 3.42. The van der Waals surface area contributed by atoms with E-state index in [1.807, 2.05) is 0 Å². The molecule has 0 saturated carbocycles. The summed E-state index contributed by atoms with van der Waals surface area (Å²) in [6.45, 7) is 1.21. The Hall–Kier alpha value is -1.02. The van der Waals surface area contributed by atoms with Crippen molar-refractivity contribution in [3.63, 3.8) is 0 Å². The molecule has 1 saturated heterocycles. The summed E-state index contributed by atoms with van der Waals surface area (Å²) in [5.41, 5.74) is -0.527. The van der Waals surface area contributed by atoms with Crippen molar-refractivity contribution >= 4 is 10.0 Å². The van der Waals surface area contributed by atoms with Crippen LogP contribution in [0, 0.1) is 5.82 Å². The van der Waals surface area contributed by atoms with Crippen LogP contribution in [0.1, 0.15) is 18.4 Å². The van der Waals surface area contributed by atoms with Gasteiger partial charge < -0.3 is 10.4 Å². The minimum Gasteiger partial charge on any atom is -0.387 e. The fraction of sp³-hybridized carbons (Fsp3) is 0.538. The molecule has 0 unspecified atom stereocenters. The molecule has 0 aromatic heterocycles. The molecule has 0 spiro atoms. The van der Waals surface area contributed by atoms with Gasteiger partial charge in [0, 0.05) is 13.1 Å². The Morgan fingerprint density at radius 3 is 2.65 bits per heavy atom. The first kappa shape index (κ1) is 15.4. The molecule has 1 heterocycles. The first-order valence-corrected chi connectivity index (χ1v) is 8.19. The molecule has 0 bridgehead atoms. The van der Waals surface area contributed by atoms with Crippen molar-refractivity contribution in [3.8, 4) is 0 Å². The predicted molar refractivity (Wildman–Crippen MR) is 74.1 cm³/mol. The van der Waals surface area contributed by atoms with Crippen LogP contribution in [0.3, 0.4) is 0 Å². The maximum Gasteiger partial charge on any atom is 0.215 e. The van der Waals surface area contributed by atoms with Gasteiger partial charge in [-0.25, -0.2) is 17.5 Å². The highest BCUT2D eigenvalue weighted by atomic mass is 32.2. The third-order valence-corrected chi connectivity index (χ3v) is 4.64. The van der Waals surface area contributed by atoms with E-state index in [2.05, 4.69) is 10.0 Å². The zero-order valence-electron chi connectivity index (χ0n) is 11.1. The van der Waals surface area contributed by atoms with E-state index in [9.17, 15) is 17.9 Å². The summed E-state index contributed by atoms with van der Waals surface area (Å²) in [5.74, 6) is -0.627. The summed E-state index contributed by atoms with van der Waals surface area (Å²) >= 11 is 0. The topological polar surface area (TPSA) is 78.4 Å². The maximum absolute atomic E-state index is 12.8. The molecular formula is C13H19FN2O3S. The van der Waals surface area contributed by atoms with Gasteiger partial charge in [-0.2, -0.15) is 0 Å². The number of hydrogen-bond acceptors (Lipinski definition) is 4. The number of halogens is 1. The van der Waals surface area contributed by atoms with E-state index in [1.54, 1.807) is 0 Å². The normalized spacial score (nSPS) is 23.7. The highest BCUT2D eigenvalue weighted by Gasteiger charge is 2.30. The Morgan fingerprint density at radius 2 is 2.05 bits per heavy atom. The van der Waals surface area contributed by atoms with Crippen molar-refractivity contribution in [1.82, 2.24) is 10.0 Å². The lowest BCUT2D eigenvalue weighted by Crippen LogP contribution is -2.52. The number of piperidine rings is 1. The van der Waals surface area contributed by atoms with Crippen molar-refractivity contribution in [3.05, 3.63) is 35.6 Å². The van der Waals surface area contributed by atoms with Gasteiger partial charge in [0.15, 0.2) is 0 Å². The lowest BCUT2D eigenvalue weighted by molar-refractivity contribution is 0.0218. The molecule has 0 radical (unpaired) electrons. The Labute approximate surface area is 118 Å². The van der Waals surface area contributed by atoms with Crippen LogP contribution in [0.25, 0.3) is 0 Å². The second-order valence-corrected chi connectivity index (χ2v) is 7.02. The van der Waals surface area contributed by atoms with Crippen LogP contribution in [-0.4, -0.2) is 38.8 Å². The number of rotatable bonds is 5. The van der Waals surface area contributed by atoms with Gasteiger partial charge in [0.25, 0.3) is 0 Å². The molecular weight excluding hydrogens is 283 g/mol. The molecule has 1 fully saturated rings. The summed E-state index contributed by atoms with van der Waals surface area (Å²) < 4.78 is 39.0. The largest absolute Gasteiger partial charge is 0.387 e. The maximum atomic E-state index is 12.8. The number of sulfonamides is 1. The standard InChI is InChI=1S/C13H19FN2O3S/c14-12-4-2-11(3-5-12)8-20(18,19)16-10-13(17)6-1-7-15-9-13/h2-5,15-17H,1,6-10H2/t13-/m0/s1. The molecule has 1 aromatic rings. The smallest absolute Gasteiger partial charge is 0.215 e. The van der Waals surface area contributed by atoms with Crippen LogP contribution < -0.4 is 10.0 Å². The van der Waals surface area contributed by atoms with Crippen molar-refractivity contribution in [2.24, 2.45) is 0 Å². The zero-order valence-corrected chi connectivity index (χ0v) is 11.9. The Kier molecular flexibility index (Phi) is 4.74. The molecule has 7 heteroatoms. The van der Waals surface area contributed by atoms with E-state index in [0.29, 0.717) is 18.5 Å². The molecule has 2 rings (SSSR count). The third-order valence-electron chi connectivity index (χ3n) is 3.34. The van der Waals surface area contributed by atoms with Crippen LogP contribution >= 0.6 is 0 Å². The van der Waals surface area contributed by atoms with E-state index in [0.717, 1.165) is 13.0 Å². The lowest BCUT2D eigenvalue weighted by Gasteiger charge is -2.32. The summed E-state index contributed by atoms with van der Waals surface area (Å²) in [4.78, 5) is 0. The first-order chi connectivity index (χ1) is 9.39. The molecule has 1 aromatic carbocycles. The summed E-state index contributed by atoms with van der Waals surface area (Å²) in [6, 6.07) is 5.32. The van der Waals surface area contributed by atoms with Crippen LogP contribution in [-0.2, 0) is 15.8 Å². The second kappa shape index (κ2) is 6.17. The molecule has 0 aliphatic carbocycles. The van der Waals surface area contributed by atoms with E-state index < -0.39 is 21.4 Å². The van der Waals surface area contributed by atoms with Gasteiger partial charge in [0.2, 0.25) is 10.0 Å². The van der Waals surface area contributed by atoms with Crippen molar-refractivity contribution in [2.45, 2.75) is 24.2 Å². The molecule has 0 amide bonds. The van der Waals surface area contributed by atoms with Gasteiger partial charge in [0.05, 0.1) is 11.4 Å². The van der Waals surface area contributed by atoms with Crippen LogP contribution in [0.4, 0.5) is 4.39 Å². The Morgan fingerprint density at radius 1 is 1.35 bits per heavy atom. The van der Waals surface area contributed by atoms with Crippen molar-refractivity contribution in [1.29, 1.82) is 0 Å². The molecule has 1 aliphatic rings. The monoisotopic (exact) mass is 302 g/mol. The average molecular weight is 302 g/mol. The number of aliphatic hydroxyl groups is 1. The minimum absolute atomic E-state index is 0.0104. The molecule has 1 aliphatic heterocycles. The van der Waals surface area contributed by atoms with Gasteiger partial charge in [-0.1, -0.05) is 12.1 Å². The van der Waals surface area contributed by atoms with E-state index in [4.69, 9.17) is 0 Å². The SMILES string of the molecule is O=S(=O)(Cc1ccc(F)cc1)NC[C@]1(O)CCCNC1. The molecule has 3 N–H and O–H groups in total. The summed E-state index contributed by atoms with van der Waals surface area (Å²) in [6.07, 6.45) is 1.38. The summed E-state index contributed by atoms with van der Waals surface area (Å²) in [5, 5.41) is 13.2. The third kappa shape index (κ3) is 4.52. The quantitative estimate of drug-likeness (QED) is 0.734. The second-order valence-electron chi connectivity index (χ2n) is 5.21. The minimum atomic E-state index is -3.55. The van der Waals surface area contributed by atoms with Crippen LogP contribution in [0.15, 0.2) is 24.3 Å². The molecule has 1 atom stereocenters. The van der Waals surface area contributed by atoms with Crippen LogP contribution in [0.5, 0.6) is 0 Å². The van der Waals surface area contributed by atoms with Crippen molar-refractivity contribution in [2.75, 3.05) is 19.6 Å². The van der Waals surface area contributed by atoms with Crippen LogP contribution in [0.2, 0.25) is 0 Å². The average Bonchev–Trinajstić information content (AvgIpc) is 2.40. The van der Waals surface area contributed by atoms with Gasteiger partial charge in [-0.3, -0.25) is 0 Å². The first-order valence-electron chi connectivity index (χ1n) is 6.53. The van der Waals surface area contributed by atoms with Crippen molar-refractivity contribution < 1.29 is 17.9 Å². The number of nitrogens with one attached hydrogen (secondary N) is 2. The van der Waals surface area contributed by atoms with Gasteiger partial charge in [0.1, 0.15) is 5.82 Å². The van der Waals surface area contributed by atoms with Gasteiger partial charge in [-0.15, -0.1) is 0 Å². The highest BCUT2D eigenvalue weighted by molar-refractivity contribution is 7.88. The fourth-order valence-electron chi connectivity index (χ4n) is 2.20. The Bertz CT molecular complexity index is 539. The summed E-state index contributed by atoms with van der Waals surface area (Å²) in [7, 11) is -3.55. The van der Waals surface area contributed by atoms with E-state index in [1.165, 1.54) is 24.3 Å². The number of β-amino-alcohol motifs (C(OH)–C–C–N with tert-alkyl or cyclic N) is 1. The number of benzene rings is 1. The van der Waals surface area contributed by atoms with E-state index in [-0.39, 0.29) is 12.3 Å². The molecule has 5 nitrogen and oxygen atoms in total. The molecule has 112 valence electrons. The lowest BCUT2D eigenvalue weighted by atomic mass is 9.95. The zero-order chi connectivity index (χ0) is 14.6. The predicted octanol–water partition coefficient (Wildman–Crippen LogP) is 0.360. The Balaban J connectivity index is 1.92. The van der Waals surface area contributed by atoms with E-state index >= 15 is 0 Å². The molecule has 20 heavy (non-hydrogen) atoms. The van der Waals surface area contributed by atoms with Gasteiger partial charge >= 0.3 is 0 Å². The highest BCUT2D eigenvalue weighted by Crippen LogP contribution is 2.15.